The van der Waals surface area contributed by atoms with Gasteiger partial charge in [-0.15, -0.1) is 0 Å². The Kier molecular flexibility index (Phi) is 7.97. The molecule has 0 spiro atoms. The summed E-state index contributed by atoms with van der Waals surface area (Å²) in [4.78, 5) is 24.8. The highest BCUT2D eigenvalue weighted by Gasteiger charge is 2.13. The molecule has 0 saturated heterocycles. The quantitative estimate of drug-likeness (QED) is 0.163. The molecule has 0 amide bonds. The fraction of sp³-hybridized carbons (Fsp3) is 0.0588. The fourth-order valence-corrected chi connectivity index (χ4v) is 4.18. The molecule has 0 atom stereocenters. The van der Waals surface area contributed by atoms with E-state index in [0.29, 0.717) is 34.1 Å². The molecule has 0 aliphatic carbocycles. The average molecular weight is 547 g/mol. The molecule has 0 saturated carbocycles. The highest BCUT2D eigenvalue weighted by Crippen LogP contribution is 2.35. The second kappa shape index (κ2) is 12.1. The summed E-state index contributed by atoms with van der Waals surface area (Å²) >= 11 is 0. The molecule has 7 nitrogen and oxygen atoms in total. The van der Waals surface area contributed by atoms with Gasteiger partial charge in [-0.3, -0.25) is 0 Å². The third kappa shape index (κ3) is 6.37. The molecule has 7 heteroatoms. The number of hydrogen-bond donors (Lipinski definition) is 1. The van der Waals surface area contributed by atoms with Crippen molar-refractivity contribution in [3.8, 4) is 51.0 Å². The van der Waals surface area contributed by atoms with E-state index in [1.807, 2.05) is 42.5 Å². The molecule has 5 aromatic rings. The molecular formula is C34H26O7. The zero-order valence-corrected chi connectivity index (χ0v) is 22.4. The van der Waals surface area contributed by atoms with Crippen LogP contribution in [0.1, 0.15) is 20.7 Å². The molecule has 204 valence electrons. The molecule has 0 bridgehead atoms. The van der Waals surface area contributed by atoms with Gasteiger partial charge in [0.25, 0.3) is 0 Å². The summed E-state index contributed by atoms with van der Waals surface area (Å²) in [5.74, 6) is 1.28. The van der Waals surface area contributed by atoms with E-state index >= 15 is 0 Å². The van der Waals surface area contributed by atoms with Gasteiger partial charge >= 0.3 is 11.9 Å². The Morgan fingerprint density at radius 1 is 0.512 bits per heavy atom. The minimum Gasteiger partial charge on any atom is -0.508 e. The summed E-state index contributed by atoms with van der Waals surface area (Å²) in [6, 6.07) is 32.8. The van der Waals surface area contributed by atoms with Crippen LogP contribution in [0.2, 0.25) is 0 Å². The molecule has 0 aliphatic heterocycles. The van der Waals surface area contributed by atoms with Crippen molar-refractivity contribution in [2.75, 3.05) is 14.2 Å². The van der Waals surface area contributed by atoms with Gasteiger partial charge in [0, 0.05) is 5.56 Å². The van der Waals surface area contributed by atoms with E-state index in [-0.39, 0.29) is 5.75 Å². The molecule has 5 aromatic carbocycles. The van der Waals surface area contributed by atoms with E-state index < -0.39 is 11.9 Å². The Balaban J connectivity index is 1.27. The number of rotatable bonds is 8. The van der Waals surface area contributed by atoms with Crippen LogP contribution in [0, 0.1) is 0 Å². The number of benzene rings is 5. The lowest BCUT2D eigenvalue weighted by Gasteiger charge is -2.12. The third-order valence-electron chi connectivity index (χ3n) is 6.40. The minimum absolute atomic E-state index is 0.0793. The van der Waals surface area contributed by atoms with Gasteiger partial charge in [-0.2, -0.15) is 0 Å². The smallest absolute Gasteiger partial charge is 0.343 e. The van der Waals surface area contributed by atoms with Gasteiger partial charge in [0.15, 0.2) is 0 Å². The van der Waals surface area contributed by atoms with Gasteiger partial charge in [-0.05, 0) is 95.6 Å². The van der Waals surface area contributed by atoms with Crippen molar-refractivity contribution in [1.29, 1.82) is 0 Å². The molecule has 1 N–H and O–H groups in total. The van der Waals surface area contributed by atoms with Crippen molar-refractivity contribution in [3.63, 3.8) is 0 Å². The molecule has 0 unspecified atom stereocenters. The second-order valence-corrected chi connectivity index (χ2v) is 9.02. The first-order valence-electron chi connectivity index (χ1n) is 12.7. The van der Waals surface area contributed by atoms with Crippen molar-refractivity contribution in [2.45, 2.75) is 0 Å². The highest BCUT2D eigenvalue weighted by molar-refractivity contribution is 5.92. The van der Waals surface area contributed by atoms with Crippen LogP contribution in [0.4, 0.5) is 0 Å². The number of methoxy groups -OCH3 is 2. The van der Waals surface area contributed by atoms with Crippen molar-refractivity contribution < 1.29 is 33.6 Å². The van der Waals surface area contributed by atoms with E-state index in [9.17, 15) is 14.7 Å². The van der Waals surface area contributed by atoms with E-state index in [2.05, 4.69) is 0 Å². The number of phenolic OH excluding ortho intramolecular Hbond substituents is 1. The third-order valence-corrected chi connectivity index (χ3v) is 6.40. The summed E-state index contributed by atoms with van der Waals surface area (Å²) in [6.45, 7) is 0. The van der Waals surface area contributed by atoms with Gasteiger partial charge in [0.1, 0.15) is 28.7 Å². The van der Waals surface area contributed by atoms with Gasteiger partial charge in [0.2, 0.25) is 0 Å². The molecule has 0 aliphatic rings. The Morgan fingerprint density at radius 2 is 0.976 bits per heavy atom. The van der Waals surface area contributed by atoms with E-state index in [4.69, 9.17) is 18.9 Å². The van der Waals surface area contributed by atoms with Crippen molar-refractivity contribution in [3.05, 3.63) is 126 Å². The first-order valence-corrected chi connectivity index (χ1v) is 12.7. The van der Waals surface area contributed by atoms with E-state index in [0.717, 1.165) is 22.3 Å². The summed E-state index contributed by atoms with van der Waals surface area (Å²) < 4.78 is 21.8. The summed E-state index contributed by atoms with van der Waals surface area (Å²) in [7, 11) is 3.18. The largest absolute Gasteiger partial charge is 0.508 e. The number of carbonyl (C=O) groups excluding carboxylic acids is 2. The van der Waals surface area contributed by atoms with Gasteiger partial charge in [-0.1, -0.05) is 36.4 Å². The maximum absolute atomic E-state index is 12.5. The van der Waals surface area contributed by atoms with Crippen LogP contribution in [0.5, 0.6) is 28.7 Å². The van der Waals surface area contributed by atoms with Crippen LogP contribution in [-0.2, 0) is 0 Å². The molecular weight excluding hydrogens is 520 g/mol. The molecule has 0 radical (unpaired) electrons. The SMILES string of the molecule is COc1ccc(C(=O)Oc2ccc(-c3ccc(-c4ccc(OC(=O)c5ccc(O)cc5)cc4)cc3OC)cc2)cc1. The van der Waals surface area contributed by atoms with Crippen LogP contribution < -0.4 is 18.9 Å². The fourth-order valence-electron chi connectivity index (χ4n) is 4.18. The lowest BCUT2D eigenvalue weighted by Crippen LogP contribution is -2.08. The second-order valence-electron chi connectivity index (χ2n) is 9.02. The van der Waals surface area contributed by atoms with Crippen LogP contribution in [0.25, 0.3) is 22.3 Å². The van der Waals surface area contributed by atoms with Crippen molar-refractivity contribution >= 4 is 11.9 Å². The molecule has 0 fully saturated rings. The molecule has 5 rings (SSSR count). The van der Waals surface area contributed by atoms with Gasteiger partial charge in [0.05, 0.1) is 25.3 Å². The number of esters is 2. The highest BCUT2D eigenvalue weighted by atomic mass is 16.5. The predicted octanol–water partition coefficient (Wildman–Crippen LogP) is 7.18. The number of carbonyl (C=O) groups is 2. The Labute approximate surface area is 237 Å². The van der Waals surface area contributed by atoms with Crippen LogP contribution >= 0.6 is 0 Å². The molecule has 41 heavy (non-hydrogen) atoms. The van der Waals surface area contributed by atoms with E-state index in [1.165, 1.54) is 24.3 Å². The zero-order valence-electron chi connectivity index (χ0n) is 22.4. The summed E-state index contributed by atoms with van der Waals surface area (Å²) in [5.41, 5.74) is 4.39. The zero-order chi connectivity index (χ0) is 28.8. The number of ether oxygens (including phenoxy) is 4. The normalized spacial score (nSPS) is 10.5. The van der Waals surface area contributed by atoms with Crippen molar-refractivity contribution in [1.82, 2.24) is 0 Å². The monoisotopic (exact) mass is 546 g/mol. The molecule has 0 aromatic heterocycles. The maximum Gasteiger partial charge on any atom is 0.343 e. The minimum atomic E-state index is -0.509. The lowest BCUT2D eigenvalue weighted by molar-refractivity contribution is 0.0725. The average Bonchev–Trinajstić information content (AvgIpc) is 3.02. The van der Waals surface area contributed by atoms with Crippen LogP contribution in [0.15, 0.2) is 115 Å². The van der Waals surface area contributed by atoms with Crippen LogP contribution in [-0.4, -0.2) is 31.3 Å². The standard InChI is InChI=1S/C34H26O7/c1-38-28-14-9-25(10-15-28)34(37)41-30-18-7-23(8-19-30)31-20-11-26(21-32(31)39-2)22-5-16-29(17-6-22)40-33(36)24-3-12-27(35)13-4-24/h3-21,35H,1-2H3. The van der Waals surface area contributed by atoms with Crippen LogP contribution in [0.3, 0.4) is 0 Å². The Bertz CT molecular complexity index is 1660. The van der Waals surface area contributed by atoms with Crippen molar-refractivity contribution in [2.24, 2.45) is 0 Å². The lowest BCUT2D eigenvalue weighted by atomic mass is 9.99. The topological polar surface area (TPSA) is 91.3 Å². The summed E-state index contributed by atoms with van der Waals surface area (Å²) in [5, 5.41) is 9.39. The van der Waals surface area contributed by atoms with Gasteiger partial charge < -0.3 is 24.1 Å². The Hall–Kier alpha value is -5.56. The predicted molar refractivity (Wildman–Crippen MR) is 155 cm³/mol. The Morgan fingerprint density at radius 3 is 1.49 bits per heavy atom. The summed E-state index contributed by atoms with van der Waals surface area (Å²) in [6.07, 6.45) is 0. The van der Waals surface area contributed by atoms with E-state index in [1.54, 1.807) is 62.8 Å². The maximum atomic E-state index is 12.5. The first-order chi connectivity index (χ1) is 19.9. The van der Waals surface area contributed by atoms with Gasteiger partial charge in [-0.25, -0.2) is 9.59 Å². The first kappa shape index (κ1) is 27.0. The molecule has 0 heterocycles. The number of aromatic hydroxyl groups is 1. The number of phenols is 1. The number of hydrogen-bond acceptors (Lipinski definition) is 7.